The molecular formula is C10H11N3O3. The van der Waals surface area contributed by atoms with E-state index in [2.05, 4.69) is 4.99 Å². The Balaban J connectivity index is 2.82. The van der Waals surface area contributed by atoms with Gasteiger partial charge in [0.1, 0.15) is 12.4 Å². The van der Waals surface area contributed by atoms with Gasteiger partial charge in [-0.15, -0.1) is 0 Å². The first-order valence-electron chi connectivity index (χ1n) is 4.48. The van der Waals surface area contributed by atoms with E-state index in [9.17, 15) is 10.1 Å². The van der Waals surface area contributed by atoms with Crippen LogP contribution in [-0.2, 0) is 0 Å². The summed E-state index contributed by atoms with van der Waals surface area (Å²) in [6, 6.07) is 7.20. The Morgan fingerprint density at radius 3 is 2.62 bits per heavy atom. The van der Waals surface area contributed by atoms with Crippen molar-refractivity contribution >= 4 is 11.9 Å². The molecule has 0 atom stereocenters. The van der Waals surface area contributed by atoms with Crippen LogP contribution in [0.2, 0.25) is 0 Å². The van der Waals surface area contributed by atoms with Gasteiger partial charge < -0.3 is 0 Å². The fraction of sp³-hybridized carbons (Fsp3) is 0.100. The van der Waals surface area contributed by atoms with Gasteiger partial charge >= 0.3 is 5.70 Å². The first-order chi connectivity index (χ1) is 7.63. The van der Waals surface area contributed by atoms with Gasteiger partial charge in [0.05, 0.1) is 10.6 Å². The van der Waals surface area contributed by atoms with E-state index in [1.165, 1.54) is 0 Å². The number of nitro groups is 1. The number of hydrogen-bond acceptors (Lipinski definition) is 5. The average Bonchev–Trinajstić information content (AvgIpc) is 2.26. The minimum atomic E-state index is -0.652. The van der Waals surface area contributed by atoms with Gasteiger partial charge in [-0.25, -0.2) is 4.99 Å². The Morgan fingerprint density at radius 1 is 1.50 bits per heavy atom. The zero-order valence-corrected chi connectivity index (χ0v) is 8.62. The Bertz CT molecular complexity index is 423. The average molecular weight is 221 g/mol. The molecule has 16 heavy (non-hydrogen) atoms. The first kappa shape index (κ1) is 11.9. The molecule has 0 amide bonds. The molecule has 0 bridgehead atoms. The number of benzene rings is 1. The normalized spacial score (nSPS) is 11.8. The van der Waals surface area contributed by atoms with Crippen LogP contribution in [0, 0.1) is 17.0 Å². The molecule has 0 heterocycles. The molecule has 0 saturated heterocycles. The Hall–Kier alpha value is -2.21. The SMILES string of the molecule is Cc1ccc(N=C/C(=C/NO)[N+](=O)[O-])cc1. The third-order valence-corrected chi connectivity index (χ3v) is 1.80. The second-order valence-electron chi connectivity index (χ2n) is 3.05. The van der Waals surface area contributed by atoms with Crippen LogP contribution < -0.4 is 5.48 Å². The molecule has 2 N–H and O–H groups in total. The fourth-order valence-corrected chi connectivity index (χ4v) is 0.975. The van der Waals surface area contributed by atoms with Crippen molar-refractivity contribution in [3.05, 3.63) is 51.8 Å². The molecule has 0 spiro atoms. The lowest BCUT2D eigenvalue weighted by Gasteiger charge is -1.94. The van der Waals surface area contributed by atoms with Gasteiger partial charge in [0.15, 0.2) is 0 Å². The Morgan fingerprint density at radius 2 is 2.12 bits per heavy atom. The molecular weight excluding hydrogens is 210 g/mol. The van der Waals surface area contributed by atoms with E-state index in [1.807, 2.05) is 19.1 Å². The number of hydroxylamine groups is 1. The van der Waals surface area contributed by atoms with Gasteiger partial charge in [0.25, 0.3) is 0 Å². The zero-order chi connectivity index (χ0) is 12.0. The predicted molar refractivity (Wildman–Crippen MR) is 59.3 cm³/mol. The highest BCUT2D eigenvalue weighted by Gasteiger charge is 2.05. The summed E-state index contributed by atoms with van der Waals surface area (Å²) in [5.74, 6) is 0. The van der Waals surface area contributed by atoms with Crippen molar-refractivity contribution in [2.75, 3.05) is 0 Å². The van der Waals surface area contributed by atoms with Crippen molar-refractivity contribution in [2.24, 2.45) is 4.99 Å². The van der Waals surface area contributed by atoms with E-state index in [-0.39, 0.29) is 5.70 Å². The maximum absolute atomic E-state index is 10.5. The monoisotopic (exact) mass is 221 g/mol. The van der Waals surface area contributed by atoms with Crippen molar-refractivity contribution in [1.82, 2.24) is 5.48 Å². The molecule has 1 rings (SSSR count). The summed E-state index contributed by atoms with van der Waals surface area (Å²) in [5, 5.41) is 18.8. The van der Waals surface area contributed by atoms with E-state index >= 15 is 0 Å². The molecule has 0 aliphatic carbocycles. The highest BCUT2D eigenvalue weighted by molar-refractivity contribution is 5.77. The first-order valence-corrected chi connectivity index (χ1v) is 4.48. The van der Waals surface area contributed by atoms with E-state index in [0.29, 0.717) is 5.69 Å². The summed E-state index contributed by atoms with van der Waals surface area (Å²) < 4.78 is 0. The van der Waals surface area contributed by atoms with Crippen molar-refractivity contribution in [2.45, 2.75) is 6.92 Å². The van der Waals surface area contributed by atoms with Crippen LogP contribution in [0.3, 0.4) is 0 Å². The molecule has 0 aliphatic rings. The molecule has 6 heteroatoms. The van der Waals surface area contributed by atoms with Crippen molar-refractivity contribution in [3.63, 3.8) is 0 Å². The molecule has 0 fully saturated rings. The summed E-state index contributed by atoms with van der Waals surface area (Å²) >= 11 is 0. The smallest absolute Gasteiger partial charge is 0.291 e. The van der Waals surface area contributed by atoms with E-state index in [1.54, 1.807) is 17.6 Å². The lowest BCUT2D eigenvalue weighted by atomic mass is 10.2. The molecule has 0 aliphatic heterocycles. The number of aryl methyl sites for hydroxylation is 1. The van der Waals surface area contributed by atoms with Gasteiger partial charge in [-0.2, -0.15) is 0 Å². The number of rotatable bonds is 4. The lowest BCUT2D eigenvalue weighted by molar-refractivity contribution is -0.415. The molecule has 1 aromatic carbocycles. The summed E-state index contributed by atoms with van der Waals surface area (Å²) in [6.45, 7) is 1.94. The second kappa shape index (κ2) is 5.62. The number of nitrogens with one attached hydrogen (secondary N) is 1. The number of nitrogens with zero attached hydrogens (tertiary/aromatic N) is 2. The Kier molecular flexibility index (Phi) is 4.16. The fourth-order valence-electron chi connectivity index (χ4n) is 0.975. The van der Waals surface area contributed by atoms with Crippen molar-refractivity contribution < 1.29 is 10.1 Å². The van der Waals surface area contributed by atoms with Crippen molar-refractivity contribution in [3.8, 4) is 0 Å². The molecule has 84 valence electrons. The summed E-state index contributed by atoms with van der Waals surface area (Å²) in [4.78, 5) is 13.7. The van der Waals surface area contributed by atoms with E-state index in [4.69, 9.17) is 5.21 Å². The molecule has 1 aromatic rings. The van der Waals surface area contributed by atoms with Crippen LogP contribution in [0.15, 0.2) is 41.2 Å². The standard InChI is InChI=1S/C10H11N3O3/c1-8-2-4-9(5-3-8)11-6-10(7-12-14)13(15)16/h2-7,12,14H,1H3/b10-7-,11-6?. The van der Waals surface area contributed by atoms with Crippen LogP contribution in [0.1, 0.15) is 5.56 Å². The molecule has 6 nitrogen and oxygen atoms in total. The predicted octanol–water partition coefficient (Wildman–Crippen LogP) is 1.79. The largest absolute Gasteiger partial charge is 0.305 e. The minimum absolute atomic E-state index is 0.330. The molecule has 0 saturated carbocycles. The van der Waals surface area contributed by atoms with Crippen LogP contribution in [-0.4, -0.2) is 16.3 Å². The van der Waals surface area contributed by atoms with Crippen LogP contribution in [0.25, 0.3) is 0 Å². The zero-order valence-electron chi connectivity index (χ0n) is 8.62. The number of hydrogen-bond donors (Lipinski definition) is 2. The summed E-state index contributed by atoms with van der Waals surface area (Å²) in [5.41, 5.74) is 2.96. The maximum Gasteiger partial charge on any atom is 0.305 e. The lowest BCUT2D eigenvalue weighted by Crippen LogP contribution is -2.06. The molecule has 0 aromatic heterocycles. The second-order valence-corrected chi connectivity index (χ2v) is 3.05. The van der Waals surface area contributed by atoms with E-state index < -0.39 is 4.92 Å². The summed E-state index contributed by atoms with van der Waals surface area (Å²) in [6.07, 6.45) is 1.91. The van der Waals surface area contributed by atoms with E-state index in [0.717, 1.165) is 18.0 Å². The van der Waals surface area contributed by atoms with Crippen LogP contribution in [0.5, 0.6) is 0 Å². The third-order valence-electron chi connectivity index (χ3n) is 1.80. The highest BCUT2D eigenvalue weighted by Crippen LogP contribution is 2.12. The van der Waals surface area contributed by atoms with Gasteiger partial charge in [-0.05, 0) is 19.1 Å². The van der Waals surface area contributed by atoms with Gasteiger partial charge in [0.2, 0.25) is 0 Å². The number of allylic oxidation sites excluding steroid dienone is 1. The quantitative estimate of drug-likeness (QED) is 0.461. The van der Waals surface area contributed by atoms with Crippen LogP contribution >= 0.6 is 0 Å². The Labute approximate surface area is 92.0 Å². The highest BCUT2D eigenvalue weighted by atomic mass is 16.6. The summed E-state index contributed by atoms with van der Waals surface area (Å²) in [7, 11) is 0. The van der Waals surface area contributed by atoms with Gasteiger partial charge in [-0.3, -0.25) is 20.8 Å². The minimum Gasteiger partial charge on any atom is -0.291 e. The van der Waals surface area contributed by atoms with Gasteiger partial charge in [0, 0.05) is 0 Å². The van der Waals surface area contributed by atoms with Gasteiger partial charge in [-0.1, -0.05) is 17.7 Å². The molecule has 0 unspecified atom stereocenters. The topological polar surface area (TPSA) is 87.8 Å². The number of aliphatic imine (C=N–C) groups is 1. The van der Waals surface area contributed by atoms with Crippen molar-refractivity contribution in [1.29, 1.82) is 0 Å². The molecule has 0 radical (unpaired) electrons. The third kappa shape index (κ3) is 3.50. The maximum atomic E-state index is 10.5. The van der Waals surface area contributed by atoms with Crippen LogP contribution in [0.4, 0.5) is 5.69 Å².